The highest BCUT2D eigenvalue weighted by atomic mass is 32.1. The molecule has 43 heavy (non-hydrogen) atoms. The van der Waals surface area contributed by atoms with E-state index in [9.17, 15) is 14.7 Å². The SMILES string of the molecule is CCCC1=C(C(=O)OCC)[C@H](c2c(OC)ccc3ccccc23)n2c(sc(=Cc3ccc(N(CC)CC)cc3O)c2=O)=N1. The van der Waals surface area contributed by atoms with E-state index in [-0.39, 0.29) is 17.9 Å². The first-order valence-electron chi connectivity index (χ1n) is 14.7. The molecular formula is C34H37N3O5S. The zero-order valence-corrected chi connectivity index (χ0v) is 26.0. The van der Waals surface area contributed by atoms with Gasteiger partial charge in [-0.15, -0.1) is 0 Å². The number of aromatic hydroxyl groups is 1. The first-order valence-corrected chi connectivity index (χ1v) is 15.5. The standard InChI is InChI=1S/C34H37N3O5S/c1-6-12-25-30(33(40)42-9-4)31(29-24-14-11-10-13-21(24)16-18-27(29)41-5)37-32(39)28(43-34(37)35-25)19-22-15-17-23(20-26(22)38)36(7-2)8-3/h10-11,13-20,31,38H,6-9,12H2,1-5H3/t31-/m0/s1. The lowest BCUT2D eigenvalue weighted by molar-refractivity contribution is -0.139. The monoisotopic (exact) mass is 599 g/mol. The highest BCUT2D eigenvalue weighted by molar-refractivity contribution is 7.07. The number of benzene rings is 3. The summed E-state index contributed by atoms with van der Waals surface area (Å²) < 4.78 is 13.4. The number of thiazole rings is 1. The Balaban J connectivity index is 1.80. The topological polar surface area (TPSA) is 93.4 Å². The van der Waals surface area contributed by atoms with Gasteiger partial charge in [-0.2, -0.15) is 0 Å². The van der Waals surface area contributed by atoms with Crippen LogP contribution in [0.1, 0.15) is 57.7 Å². The van der Waals surface area contributed by atoms with Gasteiger partial charge in [0.05, 0.1) is 29.5 Å². The van der Waals surface area contributed by atoms with Crippen LogP contribution in [0, 0.1) is 0 Å². The third kappa shape index (κ3) is 5.57. The molecule has 0 spiro atoms. The van der Waals surface area contributed by atoms with Gasteiger partial charge in [-0.05, 0) is 62.2 Å². The summed E-state index contributed by atoms with van der Waals surface area (Å²) in [5.41, 5.74) is 2.76. The second kappa shape index (κ2) is 12.9. The summed E-state index contributed by atoms with van der Waals surface area (Å²) in [4.78, 5) is 35.4. The summed E-state index contributed by atoms with van der Waals surface area (Å²) >= 11 is 1.24. The predicted molar refractivity (Wildman–Crippen MR) is 172 cm³/mol. The number of methoxy groups -OCH3 is 1. The second-order valence-corrected chi connectivity index (χ2v) is 11.2. The first kappa shape index (κ1) is 30.1. The van der Waals surface area contributed by atoms with Crippen LogP contribution in [0.5, 0.6) is 11.5 Å². The van der Waals surface area contributed by atoms with Gasteiger partial charge in [0.2, 0.25) is 0 Å². The molecule has 1 aliphatic heterocycles. The lowest BCUT2D eigenvalue weighted by atomic mass is 9.90. The number of anilines is 1. The molecule has 5 rings (SSSR count). The van der Waals surface area contributed by atoms with Gasteiger partial charge in [-0.25, -0.2) is 9.79 Å². The van der Waals surface area contributed by atoms with Crippen molar-refractivity contribution in [2.75, 3.05) is 31.7 Å². The number of phenolic OH excluding ortho intramolecular Hbond substituents is 1. The van der Waals surface area contributed by atoms with E-state index in [1.807, 2.05) is 55.5 Å². The number of hydrogen-bond acceptors (Lipinski definition) is 8. The van der Waals surface area contributed by atoms with Crippen LogP contribution in [-0.2, 0) is 9.53 Å². The minimum atomic E-state index is -0.821. The Morgan fingerprint density at radius 1 is 1.09 bits per heavy atom. The van der Waals surface area contributed by atoms with Crippen molar-refractivity contribution in [2.24, 2.45) is 4.99 Å². The van der Waals surface area contributed by atoms with Crippen LogP contribution in [-0.4, -0.2) is 42.4 Å². The van der Waals surface area contributed by atoms with Crippen LogP contribution in [0.15, 0.2) is 75.7 Å². The lowest BCUT2D eigenvalue weighted by Crippen LogP contribution is -2.40. The van der Waals surface area contributed by atoms with E-state index >= 15 is 0 Å². The maximum atomic E-state index is 14.3. The molecule has 0 radical (unpaired) electrons. The third-order valence-corrected chi connectivity index (χ3v) is 8.73. The Labute approximate surface area is 254 Å². The molecule has 9 heteroatoms. The van der Waals surface area contributed by atoms with E-state index in [2.05, 4.69) is 18.7 Å². The van der Waals surface area contributed by atoms with Crippen molar-refractivity contribution in [3.05, 3.63) is 96.7 Å². The number of carbonyl (C=O) groups excluding carboxylic acids is 1. The van der Waals surface area contributed by atoms with Crippen molar-refractivity contribution >= 4 is 39.8 Å². The van der Waals surface area contributed by atoms with Gasteiger partial charge in [0, 0.05) is 36.0 Å². The average Bonchev–Trinajstić information content (AvgIpc) is 3.32. The molecule has 3 aromatic carbocycles. The van der Waals surface area contributed by atoms with Crippen molar-refractivity contribution in [1.82, 2.24) is 4.57 Å². The fourth-order valence-corrected chi connectivity index (χ4v) is 6.72. The molecule has 4 aromatic rings. The van der Waals surface area contributed by atoms with Gasteiger partial charge in [-0.3, -0.25) is 9.36 Å². The Hall–Kier alpha value is -4.37. The fourth-order valence-electron chi connectivity index (χ4n) is 5.71. The van der Waals surface area contributed by atoms with E-state index in [1.165, 1.54) is 11.3 Å². The normalized spacial score (nSPS) is 14.9. The molecule has 0 bridgehead atoms. The number of rotatable bonds is 10. The largest absolute Gasteiger partial charge is 0.507 e. The number of esters is 1. The summed E-state index contributed by atoms with van der Waals surface area (Å²) in [7, 11) is 1.59. The van der Waals surface area contributed by atoms with Gasteiger partial charge in [-0.1, -0.05) is 55.0 Å². The van der Waals surface area contributed by atoms with Crippen molar-refractivity contribution < 1.29 is 19.4 Å². The Kier molecular flexibility index (Phi) is 9.01. The van der Waals surface area contributed by atoms with Gasteiger partial charge in [0.15, 0.2) is 4.80 Å². The zero-order chi connectivity index (χ0) is 30.7. The van der Waals surface area contributed by atoms with Crippen molar-refractivity contribution in [3.63, 3.8) is 0 Å². The number of phenols is 1. The van der Waals surface area contributed by atoms with Crippen molar-refractivity contribution in [2.45, 2.75) is 46.6 Å². The molecule has 1 N–H and O–H groups in total. The maximum absolute atomic E-state index is 14.3. The van der Waals surface area contributed by atoms with Gasteiger partial charge in [0.25, 0.3) is 5.56 Å². The van der Waals surface area contributed by atoms with E-state index in [0.29, 0.717) is 43.9 Å². The number of carbonyl (C=O) groups is 1. The fraction of sp³-hybridized carbons (Fsp3) is 0.324. The molecule has 0 aliphatic carbocycles. The van der Waals surface area contributed by atoms with E-state index in [1.54, 1.807) is 30.7 Å². The quantitative estimate of drug-likeness (QED) is 0.249. The number of fused-ring (bicyclic) bond motifs is 2. The molecule has 1 atom stereocenters. The summed E-state index contributed by atoms with van der Waals surface area (Å²) in [6.07, 6.45) is 2.98. The molecule has 0 saturated carbocycles. The van der Waals surface area contributed by atoms with Crippen molar-refractivity contribution in [3.8, 4) is 11.5 Å². The molecule has 0 unspecified atom stereocenters. The molecule has 8 nitrogen and oxygen atoms in total. The van der Waals surface area contributed by atoms with E-state index < -0.39 is 12.0 Å². The Morgan fingerprint density at radius 2 is 1.86 bits per heavy atom. The molecule has 0 amide bonds. The second-order valence-electron chi connectivity index (χ2n) is 10.2. The number of aromatic nitrogens is 1. The summed E-state index contributed by atoms with van der Waals surface area (Å²) in [6.45, 7) is 9.73. The summed E-state index contributed by atoms with van der Waals surface area (Å²) in [6, 6.07) is 16.3. The molecule has 224 valence electrons. The number of hydrogen-bond donors (Lipinski definition) is 1. The van der Waals surface area contributed by atoms with Gasteiger partial charge < -0.3 is 19.5 Å². The van der Waals surface area contributed by atoms with Crippen LogP contribution in [0.3, 0.4) is 0 Å². The molecular weight excluding hydrogens is 562 g/mol. The molecule has 1 aromatic heterocycles. The highest BCUT2D eigenvalue weighted by Gasteiger charge is 2.37. The Bertz CT molecular complexity index is 1880. The summed E-state index contributed by atoms with van der Waals surface area (Å²) in [5.74, 6) is 0.137. The van der Waals surface area contributed by atoms with E-state index in [0.717, 1.165) is 36.0 Å². The first-order chi connectivity index (χ1) is 20.9. The van der Waals surface area contributed by atoms with Gasteiger partial charge >= 0.3 is 5.97 Å². The van der Waals surface area contributed by atoms with Crippen molar-refractivity contribution in [1.29, 1.82) is 0 Å². The molecule has 1 aliphatic rings. The van der Waals surface area contributed by atoms with Crippen LogP contribution in [0.4, 0.5) is 5.69 Å². The lowest BCUT2D eigenvalue weighted by Gasteiger charge is -2.28. The molecule has 2 heterocycles. The molecule has 0 saturated heterocycles. The summed E-state index contributed by atoms with van der Waals surface area (Å²) in [5, 5.41) is 12.7. The Morgan fingerprint density at radius 3 is 2.53 bits per heavy atom. The smallest absolute Gasteiger partial charge is 0.338 e. The minimum absolute atomic E-state index is 0.0846. The zero-order valence-electron chi connectivity index (χ0n) is 25.2. The highest BCUT2D eigenvalue weighted by Crippen LogP contribution is 2.41. The number of allylic oxidation sites excluding steroid dienone is 1. The third-order valence-electron chi connectivity index (χ3n) is 7.75. The van der Waals surface area contributed by atoms with Crippen LogP contribution in [0.2, 0.25) is 0 Å². The van der Waals surface area contributed by atoms with Crippen LogP contribution < -0.4 is 24.5 Å². The minimum Gasteiger partial charge on any atom is -0.507 e. The number of ether oxygens (including phenoxy) is 2. The van der Waals surface area contributed by atoms with Crippen LogP contribution in [0.25, 0.3) is 16.8 Å². The van der Waals surface area contributed by atoms with E-state index in [4.69, 9.17) is 14.5 Å². The average molecular weight is 600 g/mol. The predicted octanol–water partition coefficient (Wildman–Crippen LogP) is 5.29. The molecule has 0 fully saturated rings. The van der Waals surface area contributed by atoms with Gasteiger partial charge in [0.1, 0.15) is 17.5 Å². The van der Waals surface area contributed by atoms with Crippen LogP contribution >= 0.6 is 11.3 Å². The maximum Gasteiger partial charge on any atom is 0.338 e. The number of nitrogens with zero attached hydrogens (tertiary/aromatic N) is 3.